The van der Waals surface area contributed by atoms with E-state index in [0.29, 0.717) is 12.8 Å². The highest BCUT2D eigenvalue weighted by atomic mass is 15.2. The minimum absolute atomic E-state index is 0.279. The summed E-state index contributed by atoms with van der Waals surface area (Å²) >= 11 is 0. The van der Waals surface area contributed by atoms with Gasteiger partial charge in [0.15, 0.2) is 0 Å². The molecular weight excluding hydrogens is 669 g/mol. The second-order valence-corrected chi connectivity index (χ2v) is 14.9. The van der Waals surface area contributed by atoms with E-state index in [1.807, 2.05) is 0 Å². The normalized spacial score (nSPS) is 17.3. The maximum Gasteiger partial charge on any atom is 0.125 e. The van der Waals surface area contributed by atoms with E-state index in [2.05, 4.69) is 192 Å². The third-order valence-corrected chi connectivity index (χ3v) is 12.3. The van der Waals surface area contributed by atoms with Crippen LogP contribution in [0.4, 0.5) is 22.7 Å². The molecule has 0 fully saturated rings. The van der Waals surface area contributed by atoms with Crippen molar-refractivity contribution >= 4 is 44.3 Å². The number of anilines is 4. The standard InChI is InChI=1S/C51H34N4/c52-31-39-27-33-13-7-11-21-47(33)54(39)37-23-25-43-45(29-37)41-19-9-10-20-42(41)49-44-26-24-38(55-40(32-53)28-34-14-8-12-22-48(34)55)30-46(44)51(50(43)49,35-15-3-1-4-16-35)36-17-5-2-6-18-36/h1-26,29-30,39-40H,27-28H2. The molecule has 2 aliphatic heterocycles. The zero-order chi connectivity index (χ0) is 36.7. The predicted octanol–water partition coefficient (Wildman–Crippen LogP) is 11.5. The van der Waals surface area contributed by atoms with Crippen LogP contribution >= 0.6 is 0 Å². The average Bonchev–Trinajstić information content (AvgIpc) is 3.92. The summed E-state index contributed by atoms with van der Waals surface area (Å²) in [4.78, 5) is 4.46. The fourth-order valence-electron chi connectivity index (χ4n) is 10.1. The zero-order valence-electron chi connectivity index (χ0n) is 30.0. The van der Waals surface area contributed by atoms with Gasteiger partial charge in [-0.3, -0.25) is 0 Å². The quantitative estimate of drug-likeness (QED) is 0.171. The highest BCUT2D eigenvalue weighted by molar-refractivity contribution is 6.20. The molecule has 11 rings (SSSR count). The maximum atomic E-state index is 10.5. The van der Waals surface area contributed by atoms with Crippen LogP contribution in [0.5, 0.6) is 0 Å². The lowest BCUT2D eigenvalue weighted by Crippen LogP contribution is -2.30. The van der Waals surface area contributed by atoms with E-state index in [1.165, 1.54) is 60.7 Å². The number of fused-ring (bicyclic) bond motifs is 10. The predicted molar refractivity (Wildman–Crippen MR) is 222 cm³/mol. The monoisotopic (exact) mass is 702 g/mol. The molecule has 4 heteroatoms. The van der Waals surface area contributed by atoms with Crippen molar-refractivity contribution in [1.29, 1.82) is 10.5 Å². The largest absolute Gasteiger partial charge is 0.324 e. The van der Waals surface area contributed by atoms with Crippen LogP contribution < -0.4 is 9.80 Å². The molecule has 1 aliphatic carbocycles. The van der Waals surface area contributed by atoms with Crippen molar-refractivity contribution < 1.29 is 0 Å². The Morgan fingerprint density at radius 2 is 0.982 bits per heavy atom. The number of nitriles is 2. The van der Waals surface area contributed by atoms with Crippen molar-refractivity contribution in [2.75, 3.05) is 9.80 Å². The van der Waals surface area contributed by atoms with Gasteiger partial charge < -0.3 is 9.80 Å². The summed E-state index contributed by atoms with van der Waals surface area (Å²) in [6.45, 7) is 0. The number of rotatable bonds is 4. The fraction of sp³-hybridized carbons (Fsp3) is 0.0980. The Morgan fingerprint density at radius 3 is 1.58 bits per heavy atom. The van der Waals surface area contributed by atoms with Gasteiger partial charge in [0, 0.05) is 35.6 Å². The molecule has 0 radical (unpaired) electrons. The van der Waals surface area contributed by atoms with Gasteiger partial charge in [0.25, 0.3) is 0 Å². The zero-order valence-corrected chi connectivity index (χ0v) is 30.0. The number of hydrogen-bond acceptors (Lipinski definition) is 4. The number of nitrogens with zero attached hydrogens (tertiary/aromatic N) is 4. The maximum absolute atomic E-state index is 10.5. The molecule has 55 heavy (non-hydrogen) atoms. The number of para-hydroxylation sites is 2. The lowest BCUT2D eigenvalue weighted by atomic mass is 9.66. The van der Waals surface area contributed by atoms with Gasteiger partial charge in [0.2, 0.25) is 0 Å². The molecule has 0 saturated heterocycles. The second-order valence-electron chi connectivity index (χ2n) is 14.9. The van der Waals surface area contributed by atoms with Crippen LogP contribution in [0.2, 0.25) is 0 Å². The van der Waals surface area contributed by atoms with E-state index in [-0.39, 0.29) is 12.1 Å². The Kier molecular flexibility index (Phi) is 6.81. The molecule has 0 spiro atoms. The molecule has 2 heterocycles. The minimum Gasteiger partial charge on any atom is -0.324 e. The topological polar surface area (TPSA) is 54.1 Å². The van der Waals surface area contributed by atoms with Crippen molar-refractivity contribution in [3.8, 4) is 23.3 Å². The van der Waals surface area contributed by atoms with Crippen molar-refractivity contribution in [3.05, 3.63) is 203 Å². The van der Waals surface area contributed by atoms with Gasteiger partial charge in [-0.05, 0) is 102 Å². The van der Waals surface area contributed by atoms with E-state index < -0.39 is 5.41 Å². The summed E-state index contributed by atoms with van der Waals surface area (Å²) in [5.41, 5.74) is 13.2. The Balaban J connectivity index is 1.25. The Bertz CT molecular complexity index is 2900. The van der Waals surface area contributed by atoms with E-state index in [1.54, 1.807) is 0 Å². The smallest absolute Gasteiger partial charge is 0.125 e. The second kappa shape index (κ2) is 11.9. The Morgan fingerprint density at radius 1 is 0.473 bits per heavy atom. The minimum atomic E-state index is -0.677. The van der Waals surface area contributed by atoms with Gasteiger partial charge in [0.1, 0.15) is 12.1 Å². The highest BCUT2D eigenvalue weighted by Crippen LogP contribution is 2.61. The third kappa shape index (κ3) is 4.31. The molecule has 8 aromatic carbocycles. The van der Waals surface area contributed by atoms with E-state index >= 15 is 0 Å². The third-order valence-electron chi connectivity index (χ3n) is 12.3. The van der Waals surface area contributed by atoms with Gasteiger partial charge in [-0.25, -0.2) is 0 Å². The molecular formula is C51H34N4. The van der Waals surface area contributed by atoms with Crippen molar-refractivity contribution in [2.45, 2.75) is 30.3 Å². The number of benzene rings is 8. The Labute approximate surface area is 320 Å². The molecule has 0 N–H and O–H groups in total. The summed E-state index contributed by atoms with van der Waals surface area (Å²) in [6.07, 6.45) is 1.39. The average molecular weight is 703 g/mol. The van der Waals surface area contributed by atoms with Crippen LogP contribution in [0, 0.1) is 22.7 Å². The molecule has 2 atom stereocenters. The van der Waals surface area contributed by atoms with Crippen LogP contribution in [0.25, 0.3) is 32.7 Å². The lowest BCUT2D eigenvalue weighted by Gasteiger charge is -2.36. The molecule has 8 aromatic rings. The molecule has 258 valence electrons. The molecule has 4 nitrogen and oxygen atoms in total. The summed E-state index contributed by atoms with van der Waals surface area (Å²) in [5.74, 6) is 0. The van der Waals surface area contributed by atoms with Gasteiger partial charge >= 0.3 is 0 Å². The highest BCUT2D eigenvalue weighted by Gasteiger charge is 2.49. The van der Waals surface area contributed by atoms with Crippen LogP contribution in [0.3, 0.4) is 0 Å². The van der Waals surface area contributed by atoms with Gasteiger partial charge in [-0.1, -0.05) is 133 Å². The first-order valence-corrected chi connectivity index (χ1v) is 19.0. The van der Waals surface area contributed by atoms with E-state index in [9.17, 15) is 10.5 Å². The summed E-state index contributed by atoms with van der Waals surface area (Å²) in [5, 5.41) is 25.6. The molecule has 0 amide bonds. The molecule has 0 aromatic heterocycles. The Hall–Kier alpha value is -7.14. The van der Waals surface area contributed by atoms with Crippen LogP contribution in [0.15, 0.2) is 170 Å². The molecule has 3 aliphatic rings. The van der Waals surface area contributed by atoms with Gasteiger partial charge in [0.05, 0.1) is 17.6 Å². The first-order chi connectivity index (χ1) is 27.2. The van der Waals surface area contributed by atoms with Crippen molar-refractivity contribution in [3.63, 3.8) is 0 Å². The molecule has 0 bridgehead atoms. The summed E-state index contributed by atoms with van der Waals surface area (Å²) in [7, 11) is 0. The first kappa shape index (κ1) is 31.4. The fourth-order valence-corrected chi connectivity index (χ4v) is 10.1. The van der Waals surface area contributed by atoms with Crippen LogP contribution in [-0.2, 0) is 18.3 Å². The van der Waals surface area contributed by atoms with E-state index in [0.717, 1.165) is 28.1 Å². The summed E-state index contributed by atoms with van der Waals surface area (Å²) < 4.78 is 0. The van der Waals surface area contributed by atoms with Crippen LogP contribution in [-0.4, -0.2) is 12.1 Å². The van der Waals surface area contributed by atoms with Gasteiger partial charge in [-0.15, -0.1) is 0 Å². The molecule has 0 saturated carbocycles. The summed E-state index contributed by atoms with van der Waals surface area (Å²) in [6, 6.07) is 65.9. The van der Waals surface area contributed by atoms with Gasteiger partial charge in [-0.2, -0.15) is 10.5 Å². The van der Waals surface area contributed by atoms with Crippen LogP contribution in [0.1, 0.15) is 33.4 Å². The number of hydrogen-bond donors (Lipinski definition) is 0. The van der Waals surface area contributed by atoms with E-state index in [4.69, 9.17) is 0 Å². The SMILES string of the molecule is N#CC1Cc2ccccc2N1c1ccc2c(c1)C(c1ccccc1)(c1ccccc1)c1c-2c2ccccc2c2cc(N3c4ccccc4CC3C#N)ccc12. The van der Waals surface area contributed by atoms with Crippen molar-refractivity contribution in [1.82, 2.24) is 0 Å². The molecule has 2 unspecified atom stereocenters. The lowest BCUT2D eigenvalue weighted by molar-refractivity contribution is 0.773. The first-order valence-electron chi connectivity index (χ1n) is 19.0. The van der Waals surface area contributed by atoms with Crippen molar-refractivity contribution in [2.24, 2.45) is 0 Å².